The molecular formula is C10H12N4O3S. The van der Waals surface area contributed by atoms with Crippen LogP contribution in [-0.4, -0.2) is 44.3 Å². The third-order valence-corrected chi connectivity index (χ3v) is 3.99. The molecule has 0 saturated carbocycles. The Morgan fingerprint density at radius 2 is 2.22 bits per heavy atom. The van der Waals surface area contributed by atoms with E-state index < -0.39 is 15.9 Å². The third kappa shape index (κ3) is 3.03. The van der Waals surface area contributed by atoms with Gasteiger partial charge in [-0.25, -0.2) is 13.4 Å². The topological polar surface area (TPSA) is 103 Å². The maximum atomic E-state index is 12.0. The molecule has 1 rings (SSSR count). The number of sulfonamides is 1. The van der Waals surface area contributed by atoms with Gasteiger partial charge in [0.15, 0.2) is 0 Å². The SMILES string of the molecule is CNC(=O)CN(C)S(=O)(=O)c1ccc(C#N)nc1. The number of likely N-dealkylation sites (N-methyl/N-ethyl adjacent to an activating group) is 2. The molecule has 7 nitrogen and oxygen atoms in total. The van der Waals surface area contributed by atoms with E-state index >= 15 is 0 Å². The molecule has 1 N–H and O–H groups in total. The first kappa shape index (κ1) is 14.1. The fourth-order valence-corrected chi connectivity index (χ4v) is 2.22. The average Bonchev–Trinajstić information content (AvgIpc) is 2.38. The minimum Gasteiger partial charge on any atom is -0.358 e. The van der Waals surface area contributed by atoms with E-state index in [4.69, 9.17) is 5.26 Å². The minimum atomic E-state index is -3.77. The lowest BCUT2D eigenvalue weighted by Gasteiger charge is -2.15. The van der Waals surface area contributed by atoms with Crippen LogP contribution in [0.2, 0.25) is 0 Å². The van der Waals surface area contributed by atoms with Crippen LogP contribution < -0.4 is 5.32 Å². The molecule has 1 amide bonds. The highest BCUT2D eigenvalue weighted by Gasteiger charge is 2.22. The largest absolute Gasteiger partial charge is 0.358 e. The van der Waals surface area contributed by atoms with Crippen molar-refractivity contribution < 1.29 is 13.2 Å². The number of nitrogens with zero attached hydrogens (tertiary/aromatic N) is 3. The van der Waals surface area contributed by atoms with Gasteiger partial charge in [-0.05, 0) is 12.1 Å². The summed E-state index contributed by atoms with van der Waals surface area (Å²) in [6, 6.07) is 4.38. The molecule has 1 aromatic rings. The second kappa shape index (κ2) is 5.57. The second-order valence-electron chi connectivity index (χ2n) is 3.43. The van der Waals surface area contributed by atoms with Crippen LogP contribution in [0.4, 0.5) is 0 Å². The van der Waals surface area contributed by atoms with Gasteiger partial charge in [0.25, 0.3) is 0 Å². The predicted molar refractivity (Wildman–Crippen MR) is 62.8 cm³/mol. The van der Waals surface area contributed by atoms with Gasteiger partial charge in [-0.15, -0.1) is 0 Å². The highest BCUT2D eigenvalue weighted by Crippen LogP contribution is 2.12. The summed E-state index contributed by atoms with van der Waals surface area (Å²) in [5, 5.41) is 10.9. The maximum absolute atomic E-state index is 12.0. The van der Waals surface area contributed by atoms with E-state index in [2.05, 4.69) is 10.3 Å². The Morgan fingerprint density at radius 3 is 2.67 bits per heavy atom. The van der Waals surface area contributed by atoms with Crippen molar-refractivity contribution in [3.05, 3.63) is 24.0 Å². The van der Waals surface area contributed by atoms with Gasteiger partial charge in [0.05, 0.1) is 6.54 Å². The molecule has 0 aromatic carbocycles. The van der Waals surface area contributed by atoms with E-state index in [0.29, 0.717) is 0 Å². The van der Waals surface area contributed by atoms with Gasteiger partial charge in [0.1, 0.15) is 16.7 Å². The molecule has 0 spiro atoms. The van der Waals surface area contributed by atoms with Gasteiger partial charge in [0, 0.05) is 20.3 Å². The molecule has 0 aliphatic carbocycles. The summed E-state index contributed by atoms with van der Waals surface area (Å²) < 4.78 is 24.9. The van der Waals surface area contributed by atoms with Crippen LogP contribution in [0.3, 0.4) is 0 Å². The van der Waals surface area contributed by atoms with Crippen molar-refractivity contribution in [2.45, 2.75) is 4.90 Å². The molecule has 0 aliphatic rings. The Balaban J connectivity index is 2.98. The lowest BCUT2D eigenvalue weighted by atomic mass is 10.4. The summed E-state index contributed by atoms with van der Waals surface area (Å²) in [5.74, 6) is -0.414. The van der Waals surface area contributed by atoms with Gasteiger partial charge in [-0.2, -0.15) is 9.57 Å². The van der Waals surface area contributed by atoms with Crippen LogP contribution in [0, 0.1) is 11.3 Å². The number of carbonyl (C=O) groups is 1. The minimum absolute atomic E-state index is 0.0621. The van der Waals surface area contributed by atoms with E-state index in [1.807, 2.05) is 0 Å². The smallest absolute Gasteiger partial charge is 0.244 e. The monoisotopic (exact) mass is 268 g/mol. The van der Waals surface area contributed by atoms with E-state index in [1.165, 1.54) is 26.2 Å². The number of amides is 1. The summed E-state index contributed by atoms with van der Waals surface area (Å²) in [4.78, 5) is 14.7. The van der Waals surface area contributed by atoms with Gasteiger partial charge < -0.3 is 5.32 Å². The first-order valence-electron chi connectivity index (χ1n) is 4.95. The molecule has 18 heavy (non-hydrogen) atoms. The van der Waals surface area contributed by atoms with Crippen LogP contribution in [0.25, 0.3) is 0 Å². The maximum Gasteiger partial charge on any atom is 0.244 e. The van der Waals surface area contributed by atoms with Gasteiger partial charge in [0.2, 0.25) is 15.9 Å². The summed E-state index contributed by atoms with van der Waals surface area (Å²) in [7, 11) is -1.05. The highest BCUT2D eigenvalue weighted by atomic mass is 32.2. The van der Waals surface area contributed by atoms with Crippen molar-refractivity contribution in [2.24, 2.45) is 0 Å². The van der Waals surface area contributed by atoms with Crippen molar-refractivity contribution in [3.63, 3.8) is 0 Å². The van der Waals surface area contributed by atoms with Crippen molar-refractivity contribution in [2.75, 3.05) is 20.6 Å². The quantitative estimate of drug-likeness (QED) is 0.779. The number of nitriles is 1. The molecule has 0 aliphatic heterocycles. The van der Waals surface area contributed by atoms with Gasteiger partial charge in [-0.3, -0.25) is 4.79 Å². The Morgan fingerprint density at radius 1 is 1.56 bits per heavy atom. The number of carbonyl (C=O) groups excluding carboxylic acids is 1. The number of nitrogens with one attached hydrogen (secondary N) is 1. The van der Waals surface area contributed by atoms with E-state index in [-0.39, 0.29) is 17.1 Å². The molecule has 0 saturated heterocycles. The summed E-state index contributed by atoms with van der Waals surface area (Å²) in [5.41, 5.74) is 0.128. The molecule has 0 fully saturated rings. The van der Waals surface area contributed by atoms with Crippen molar-refractivity contribution in [1.29, 1.82) is 5.26 Å². The molecule has 0 atom stereocenters. The lowest BCUT2D eigenvalue weighted by molar-refractivity contribution is -0.120. The summed E-state index contributed by atoms with van der Waals surface area (Å²) >= 11 is 0. The Bertz CT molecular complexity index is 574. The first-order valence-corrected chi connectivity index (χ1v) is 6.39. The number of hydrogen-bond donors (Lipinski definition) is 1. The van der Waals surface area contributed by atoms with Crippen LogP contribution >= 0.6 is 0 Å². The first-order chi connectivity index (χ1) is 8.41. The third-order valence-electron chi connectivity index (χ3n) is 2.20. The Hall–Kier alpha value is -1.98. The predicted octanol–water partition coefficient (Wildman–Crippen LogP) is -0.680. The van der Waals surface area contributed by atoms with Crippen molar-refractivity contribution in [3.8, 4) is 6.07 Å². The normalized spacial score (nSPS) is 11.0. The zero-order valence-corrected chi connectivity index (χ0v) is 10.7. The summed E-state index contributed by atoms with van der Waals surface area (Å²) in [6.07, 6.45) is 1.09. The molecule has 0 radical (unpaired) electrons. The second-order valence-corrected chi connectivity index (χ2v) is 5.47. The summed E-state index contributed by atoms with van der Waals surface area (Å²) in [6.45, 7) is -0.279. The number of aromatic nitrogens is 1. The standard InChI is InChI=1S/C10H12N4O3S/c1-12-10(15)7-14(2)18(16,17)9-4-3-8(5-11)13-6-9/h3-4,6H,7H2,1-2H3,(H,12,15). The van der Waals surface area contributed by atoms with Crippen LogP contribution in [0.5, 0.6) is 0 Å². The van der Waals surface area contributed by atoms with E-state index in [0.717, 1.165) is 10.5 Å². The average molecular weight is 268 g/mol. The van der Waals surface area contributed by atoms with Gasteiger partial charge in [-0.1, -0.05) is 0 Å². The fourth-order valence-electron chi connectivity index (χ4n) is 1.15. The zero-order valence-electron chi connectivity index (χ0n) is 9.91. The fraction of sp³-hybridized carbons (Fsp3) is 0.300. The molecule has 1 heterocycles. The molecule has 0 bridgehead atoms. The Labute approximate surface area is 105 Å². The molecule has 0 unspecified atom stereocenters. The van der Waals surface area contributed by atoms with E-state index in [9.17, 15) is 13.2 Å². The number of pyridine rings is 1. The molecular weight excluding hydrogens is 256 g/mol. The van der Waals surface area contributed by atoms with Crippen LogP contribution in [0.1, 0.15) is 5.69 Å². The Kier molecular flexibility index (Phi) is 4.36. The number of rotatable bonds is 4. The zero-order chi connectivity index (χ0) is 13.8. The molecule has 8 heteroatoms. The van der Waals surface area contributed by atoms with Crippen molar-refractivity contribution in [1.82, 2.24) is 14.6 Å². The molecule has 96 valence electrons. The van der Waals surface area contributed by atoms with Crippen molar-refractivity contribution >= 4 is 15.9 Å². The number of hydrogen-bond acceptors (Lipinski definition) is 5. The van der Waals surface area contributed by atoms with Gasteiger partial charge >= 0.3 is 0 Å². The van der Waals surface area contributed by atoms with E-state index in [1.54, 1.807) is 6.07 Å². The molecule has 1 aromatic heterocycles. The van der Waals surface area contributed by atoms with Crippen LogP contribution in [-0.2, 0) is 14.8 Å². The highest BCUT2D eigenvalue weighted by molar-refractivity contribution is 7.89. The lowest BCUT2D eigenvalue weighted by Crippen LogP contribution is -2.36. The van der Waals surface area contributed by atoms with Crippen LogP contribution in [0.15, 0.2) is 23.2 Å².